The van der Waals surface area contributed by atoms with Crippen molar-refractivity contribution in [2.24, 2.45) is 5.73 Å². The van der Waals surface area contributed by atoms with E-state index in [1.165, 1.54) is 0 Å². The number of hydrogen-bond acceptors (Lipinski definition) is 3. The van der Waals surface area contributed by atoms with Crippen LogP contribution >= 0.6 is 11.8 Å². The molecule has 0 bridgehead atoms. The third kappa shape index (κ3) is 6.05. The minimum atomic E-state index is -0.806. The summed E-state index contributed by atoms with van der Waals surface area (Å²) in [6.07, 6.45) is 3.36. The molecule has 0 amide bonds. The maximum absolute atomic E-state index is 10.6. The summed E-state index contributed by atoms with van der Waals surface area (Å²) in [6.45, 7) is 4.66. The van der Waals surface area contributed by atoms with Crippen LogP contribution in [-0.2, 0) is 4.79 Å². The molecule has 0 fully saturated rings. The van der Waals surface area contributed by atoms with E-state index in [1.807, 2.05) is 6.92 Å². The van der Waals surface area contributed by atoms with E-state index in [-0.39, 0.29) is 0 Å². The molecule has 0 rings (SSSR count). The second-order valence-corrected chi connectivity index (χ2v) is 4.58. The van der Waals surface area contributed by atoms with Gasteiger partial charge in [-0.15, -0.1) is 0 Å². The Morgan fingerprint density at radius 2 is 2.29 bits per heavy atom. The monoisotopic (exact) mass is 217 g/mol. The van der Waals surface area contributed by atoms with Gasteiger partial charge in [0.15, 0.2) is 0 Å². The van der Waals surface area contributed by atoms with Crippen LogP contribution in [-0.4, -0.2) is 28.6 Å². The number of aliphatic carboxylic acids is 1. The van der Waals surface area contributed by atoms with Crippen molar-refractivity contribution in [2.75, 3.05) is 12.3 Å². The molecular weight excluding hydrogens is 198 g/mol. The van der Waals surface area contributed by atoms with Crippen molar-refractivity contribution in [1.82, 2.24) is 0 Å². The van der Waals surface area contributed by atoms with Crippen molar-refractivity contribution in [2.45, 2.75) is 31.9 Å². The van der Waals surface area contributed by atoms with Gasteiger partial charge in [0.2, 0.25) is 0 Å². The minimum absolute atomic E-state index is 0.498. The molecule has 1 unspecified atom stereocenters. The van der Waals surface area contributed by atoms with Crippen molar-refractivity contribution < 1.29 is 9.90 Å². The zero-order valence-electron chi connectivity index (χ0n) is 8.82. The first-order valence-electron chi connectivity index (χ1n) is 4.85. The van der Waals surface area contributed by atoms with Gasteiger partial charge in [0.25, 0.3) is 0 Å². The number of carbonyl (C=O) groups is 1. The van der Waals surface area contributed by atoms with Gasteiger partial charge in [0.1, 0.15) is 0 Å². The molecule has 4 heteroatoms. The smallest absolute Gasteiger partial charge is 0.331 e. The van der Waals surface area contributed by atoms with E-state index in [0.29, 0.717) is 23.8 Å². The maximum atomic E-state index is 10.6. The highest BCUT2D eigenvalue weighted by Gasteiger charge is 2.04. The van der Waals surface area contributed by atoms with Crippen LogP contribution < -0.4 is 5.73 Å². The number of thioether (sulfide) groups is 1. The van der Waals surface area contributed by atoms with Gasteiger partial charge in [-0.05, 0) is 19.4 Å². The summed E-state index contributed by atoms with van der Waals surface area (Å²) in [5.41, 5.74) is 5.91. The molecule has 0 aliphatic rings. The molecule has 0 aromatic rings. The van der Waals surface area contributed by atoms with Gasteiger partial charge in [-0.3, -0.25) is 0 Å². The molecule has 0 radical (unpaired) electrons. The van der Waals surface area contributed by atoms with Gasteiger partial charge in [-0.1, -0.05) is 19.9 Å². The minimum Gasteiger partial charge on any atom is -0.478 e. The first kappa shape index (κ1) is 13.5. The van der Waals surface area contributed by atoms with Crippen LogP contribution in [0.5, 0.6) is 0 Å². The number of nitrogens with two attached hydrogens (primary N) is 1. The molecule has 1 atom stereocenters. The second kappa shape index (κ2) is 7.88. The van der Waals surface area contributed by atoms with Crippen molar-refractivity contribution in [1.29, 1.82) is 0 Å². The van der Waals surface area contributed by atoms with E-state index in [0.717, 1.165) is 12.2 Å². The Kier molecular flexibility index (Phi) is 7.61. The molecule has 0 aromatic heterocycles. The Morgan fingerprint density at radius 1 is 1.64 bits per heavy atom. The number of rotatable bonds is 7. The largest absolute Gasteiger partial charge is 0.478 e. The van der Waals surface area contributed by atoms with Gasteiger partial charge >= 0.3 is 5.97 Å². The first-order chi connectivity index (χ1) is 6.61. The third-order valence-electron chi connectivity index (χ3n) is 1.94. The summed E-state index contributed by atoms with van der Waals surface area (Å²) >= 11 is 1.74. The predicted molar refractivity (Wildman–Crippen MR) is 61.6 cm³/mol. The fourth-order valence-corrected chi connectivity index (χ4v) is 1.94. The molecule has 0 aromatic carbocycles. The van der Waals surface area contributed by atoms with Crippen molar-refractivity contribution in [3.05, 3.63) is 11.6 Å². The summed E-state index contributed by atoms with van der Waals surface area (Å²) in [7, 11) is 0. The molecule has 0 saturated heterocycles. The van der Waals surface area contributed by atoms with Crippen LogP contribution in [0.4, 0.5) is 0 Å². The lowest BCUT2D eigenvalue weighted by Crippen LogP contribution is -2.07. The lowest BCUT2D eigenvalue weighted by atomic mass is 10.2. The van der Waals surface area contributed by atoms with Crippen LogP contribution in [0.1, 0.15) is 26.7 Å². The predicted octanol–water partition coefficient (Wildman–Crippen LogP) is 1.88. The molecule has 3 nitrogen and oxygen atoms in total. The summed E-state index contributed by atoms with van der Waals surface area (Å²) < 4.78 is 0. The van der Waals surface area contributed by atoms with E-state index < -0.39 is 5.97 Å². The highest BCUT2D eigenvalue weighted by Crippen LogP contribution is 2.14. The van der Waals surface area contributed by atoms with Crippen molar-refractivity contribution >= 4 is 17.7 Å². The van der Waals surface area contributed by atoms with Crippen LogP contribution in [0.3, 0.4) is 0 Å². The number of carboxylic acids is 1. The summed E-state index contributed by atoms with van der Waals surface area (Å²) in [6, 6.07) is 0. The Hall–Kier alpha value is -0.480. The van der Waals surface area contributed by atoms with Crippen molar-refractivity contribution in [3.63, 3.8) is 0 Å². The van der Waals surface area contributed by atoms with Gasteiger partial charge in [-0.25, -0.2) is 4.79 Å². The quantitative estimate of drug-likeness (QED) is 0.639. The Labute approximate surface area is 89.8 Å². The van der Waals surface area contributed by atoms with Gasteiger partial charge < -0.3 is 10.8 Å². The van der Waals surface area contributed by atoms with Gasteiger partial charge in [0, 0.05) is 16.6 Å². The topological polar surface area (TPSA) is 63.3 Å². The second-order valence-electron chi connectivity index (χ2n) is 3.11. The summed E-state index contributed by atoms with van der Waals surface area (Å²) in [5, 5.41) is 9.25. The Bertz CT molecular complexity index is 204. The lowest BCUT2D eigenvalue weighted by molar-refractivity contribution is -0.132. The fourth-order valence-electron chi connectivity index (χ4n) is 1.01. The molecule has 0 aliphatic heterocycles. The normalized spacial score (nSPS) is 14.1. The van der Waals surface area contributed by atoms with Crippen LogP contribution in [0.25, 0.3) is 0 Å². The van der Waals surface area contributed by atoms with E-state index in [9.17, 15) is 4.79 Å². The highest BCUT2D eigenvalue weighted by molar-refractivity contribution is 8.00. The average Bonchev–Trinajstić information content (AvgIpc) is 2.12. The van der Waals surface area contributed by atoms with Crippen LogP contribution in [0.2, 0.25) is 0 Å². The average molecular weight is 217 g/mol. The molecule has 0 heterocycles. The van der Waals surface area contributed by atoms with Crippen LogP contribution in [0.15, 0.2) is 11.6 Å². The third-order valence-corrected chi connectivity index (χ3v) is 3.10. The zero-order chi connectivity index (χ0) is 11.0. The van der Waals surface area contributed by atoms with Crippen molar-refractivity contribution in [3.8, 4) is 0 Å². The molecule has 0 aliphatic carbocycles. The highest BCUT2D eigenvalue weighted by atomic mass is 32.2. The molecule has 3 N–H and O–H groups in total. The van der Waals surface area contributed by atoms with E-state index in [4.69, 9.17) is 10.8 Å². The van der Waals surface area contributed by atoms with E-state index in [2.05, 4.69) is 6.92 Å². The Morgan fingerprint density at radius 3 is 2.71 bits per heavy atom. The van der Waals surface area contributed by atoms with Crippen LogP contribution in [0, 0.1) is 0 Å². The Balaban J connectivity index is 3.84. The molecule has 82 valence electrons. The SMILES string of the molecule is CCC(=CCSC(C)CCN)C(=O)O. The summed E-state index contributed by atoms with van der Waals surface area (Å²) in [4.78, 5) is 10.6. The first-order valence-corrected chi connectivity index (χ1v) is 5.90. The molecule has 0 saturated carbocycles. The maximum Gasteiger partial charge on any atom is 0.331 e. The fraction of sp³-hybridized carbons (Fsp3) is 0.700. The lowest BCUT2D eigenvalue weighted by Gasteiger charge is -2.07. The molecule has 14 heavy (non-hydrogen) atoms. The van der Waals surface area contributed by atoms with Gasteiger partial charge in [0.05, 0.1) is 0 Å². The number of hydrogen-bond donors (Lipinski definition) is 2. The van der Waals surface area contributed by atoms with E-state index in [1.54, 1.807) is 17.8 Å². The van der Waals surface area contributed by atoms with E-state index >= 15 is 0 Å². The number of carboxylic acid groups (broad SMARTS) is 1. The molecular formula is C10H19NO2S. The van der Waals surface area contributed by atoms with Gasteiger partial charge in [-0.2, -0.15) is 11.8 Å². The standard InChI is InChI=1S/C10H19NO2S/c1-3-9(10(12)13)5-7-14-8(2)4-6-11/h5,8H,3-4,6-7,11H2,1-2H3,(H,12,13). The zero-order valence-corrected chi connectivity index (χ0v) is 9.64. The summed E-state index contributed by atoms with van der Waals surface area (Å²) in [5.74, 6) is -0.0454. The molecule has 0 spiro atoms.